The van der Waals surface area contributed by atoms with Gasteiger partial charge in [-0.05, 0) is 12.1 Å². The second-order valence-corrected chi connectivity index (χ2v) is 3.80. The highest BCUT2D eigenvalue weighted by atomic mass is 19.1. The highest BCUT2D eigenvalue weighted by molar-refractivity contribution is 6.05. The van der Waals surface area contributed by atoms with E-state index in [2.05, 4.69) is 10.2 Å². The molecule has 1 saturated heterocycles. The molecule has 8 heteroatoms. The van der Waals surface area contributed by atoms with Gasteiger partial charge >= 0.3 is 5.97 Å². The molecule has 0 aliphatic carbocycles. The Balaban J connectivity index is 2.13. The Morgan fingerprint density at radius 2 is 2.32 bits per heavy atom. The fraction of sp³-hybridized carbons (Fsp3) is 0.273. The third-order valence-electron chi connectivity index (χ3n) is 2.57. The average Bonchev–Trinajstić information content (AvgIpc) is 2.71. The van der Waals surface area contributed by atoms with Gasteiger partial charge in [0.05, 0.1) is 12.8 Å². The molecule has 0 radical (unpaired) electrons. The summed E-state index contributed by atoms with van der Waals surface area (Å²) < 4.78 is 18.4. The lowest BCUT2D eigenvalue weighted by Crippen LogP contribution is -2.36. The van der Waals surface area contributed by atoms with Crippen LogP contribution in [-0.4, -0.2) is 30.3 Å². The van der Waals surface area contributed by atoms with E-state index in [9.17, 15) is 19.1 Å². The number of hydroxylamine groups is 1. The van der Waals surface area contributed by atoms with Gasteiger partial charge in [0.25, 0.3) is 0 Å². The number of methoxy groups -OCH3 is 1. The molecule has 7 nitrogen and oxygen atoms in total. The molecule has 19 heavy (non-hydrogen) atoms. The minimum absolute atomic E-state index is 0.127. The number of nitrogens with one attached hydrogen (secondary N) is 2. The van der Waals surface area contributed by atoms with Crippen molar-refractivity contribution in [3.05, 3.63) is 24.0 Å². The highest BCUT2D eigenvalue weighted by Gasteiger charge is 2.42. The maximum Gasteiger partial charge on any atom is 0.341 e. The van der Waals surface area contributed by atoms with Gasteiger partial charge < -0.3 is 20.0 Å². The maximum atomic E-state index is 13.6. The molecule has 0 saturated carbocycles. The minimum Gasteiger partial charge on any atom is -0.497 e. The van der Waals surface area contributed by atoms with Crippen molar-refractivity contribution in [1.82, 2.24) is 5.48 Å². The number of aliphatic hydroxyl groups is 1. The number of hydrogen-bond donors (Lipinski definition) is 3. The number of ether oxygens (including phenoxy) is 1. The van der Waals surface area contributed by atoms with Crippen LogP contribution in [0.5, 0.6) is 5.75 Å². The molecule has 0 aromatic heterocycles. The number of rotatable bonds is 3. The molecule has 3 N–H and O–H groups in total. The van der Waals surface area contributed by atoms with Gasteiger partial charge in [-0.2, -0.15) is 0 Å². The largest absolute Gasteiger partial charge is 0.497 e. The summed E-state index contributed by atoms with van der Waals surface area (Å²) in [5.41, 5.74) is 1.82. The van der Waals surface area contributed by atoms with Crippen molar-refractivity contribution in [2.75, 3.05) is 12.4 Å². The average molecular weight is 270 g/mol. The molecule has 2 unspecified atom stereocenters. The number of carbonyl (C=O) groups excluding carboxylic acids is 2. The monoisotopic (exact) mass is 270 g/mol. The topological polar surface area (TPSA) is 96.9 Å². The lowest BCUT2D eigenvalue weighted by atomic mass is 10.1. The van der Waals surface area contributed by atoms with Crippen molar-refractivity contribution in [2.24, 2.45) is 5.92 Å². The summed E-state index contributed by atoms with van der Waals surface area (Å²) >= 11 is 0. The molecule has 102 valence electrons. The first-order valence-electron chi connectivity index (χ1n) is 5.31. The Morgan fingerprint density at radius 3 is 2.84 bits per heavy atom. The summed E-state index contributed by atoms with van der Waals surface area (Å²) in [6.45, 7) is 0. The van der Waals surface area contributed by atoms with E-state index < -0.39 is 29.8 Å². The van der Waals surface area contributed by atoms with Crippen LogP contribution in [0.15, 0.2) is 18.2 Å². The van der Waals surface area contributed by atoms with Gasteiger partial charge in [0.1, 0.15) is 11.6 Å². The van der Waals surface area contributed by atoms with Crippen LogP contribution < -0.4 is 15.5 Å². The van der Waals surface area contributed by atoms with E-state index in [1.165, 1.54) is 19.2 Å². The van der Waals surface area contributed by atoms with Crippen LogP contribution in [0.4, 0.5) is 10.1 Å². The zero-order valence-electron chi connectivity index (χ0n) is 9.84. The number of hydrogen-bond acceptors (Lipinski definition) is 6. The molecule has 1 aliphatic heterocycles. The van der Waals surface area contributed by atoms with Gasteiger partial charge in [-0.3, -0.25) is 4.79 Å². The molecule has 1 amide bonds. The Kier molecular flexibility index (Phi) is 3.63. The predicted molar refractivity (Wildman–Crippen MR) is 60.3 cm³/mol. The van der Waals surface area contributed by atoms with Crippen molar-refractivity contribution in [3.8, 4) is 5.75 Å². The molecule has 2 rings (SSSR count). The summed E-state index contributed by atoms with van der Waals surface area (Å²) in [5, 5.41) is 11.5. The summed E-state index contributed by atoms with van der Waals surface area (Å²) in [4.78, 5) is 27.2. The van der Waals surface area contributed by atoms with Gasteiger partial charge in [-0.1, -0.05) is 0 Å². The number of benzene rings is 1. The van der Waals surface area contributed by atoms with Gasteiger partial charge in [-0.15, -0.1) is 5.48 Å². The van der Waals surface area contributed by atoms with E-state index in [1.807, 2.05) is 5.48 Å². The first kappa shape index (κ1) is 13.2. The molecule has 1 fully saturated rings. The SMILES string of the molecule is COc1ccc(NC(=O)C2C(=O)ONC2O)c(F)c1. The van der Waals surface area contributed by atoms with Gasteiger partial charge in [0.15, 0.2) is 12.1 Å². The number of aliphatic hydroxyl groups excluding tert-OH is 1. The molecule has 1 heterocycles. The zero-order valence-corrected chi connectivity index (χ0v) is 9.84. The Morgan fingerprint density at radius 1 is 1.58 bits per heavy atom. The summed E-state index contributed by atoms with van der Waals surface area (Å²) in [6, 6.07) is 3.81. The second-order valence-electron chi connectivity index (χ2n) is 3.80. The second kappa shape index (κ2) is 5.21. The molecule has 1 aliphatic rings. The lowest BCUT2D eigenvalue weighted by molar-refractivity contribution is -0.147. The standard InChI is InChI=1S/C11H11FN2O5/c1-18-5-2-3-7(6(12)4-5)13-9(15)8-10(16)14-19-11(8)17/h2-4,8,10,14,16H,1H3,(H,13,15). The first-order chi connectivity index (χ1) is 9.02. The van der Waals surface area contributed by atoms with Crippen molar-refractivity contribution < 1.29 is 28.7 Å². The Hall–Kier alpha value is -2.19. The normalized spacial score (nSPS) is 21.9. The predicted octanol–water partition coefficient (Wildman–Crippen LogP) is -0.231. The molecular weight excluding hydrogens is 259 g/mol. The van der Waals surface area contributed by atoms with Crippen LogP contribution in [0.1, 0.15) is 0 Å². The van der Waals surface area contributed by atoms with E-state index in [4.69, 9.17) is 4.74 Å². The number of amides is 1. The first-order valence-corrected chi connectivity index (χ1v) is 5.31. The van der Waals surface area contributed by atoms with Crippen molar-refractivity contribution in [3.63, 3.8) is 0 Å². The maximum absolute atomic E-state index is 13.6. The van der Waals surface area contributed by atoms with Gasteiger partial charge in [0.2, 0.25) is 5.91 Å². The van der Waals surface area contributed by atoms with Crippen LogP contribution >= 0.6 is 0 Å². The van der Waals surface area contributed by atoms with E-state index in [-0.39, 0.29) is 11.4 Å². The summed E-state index contributed by atoms with van der Waals surface area (Å²) in [7, 11) is 1.38. The fourth-order valence-electron chi connectivity index (χ4n) is 1.56. The van der Waals surface area contributed by atoms with Crippen molar-refractivity contribution in [1.29, 1.82) is 0 Å². The van der Waals surface area contributed by atoms with E-state index in [0.717, 1.165) is 6.07 Å². The Labute approximate surface area is 107 Å². The van der Waals surface area contributed by atoms with Crippen LogP contribution in [0, 0.1) is 11.7 Å². The van der Waals surface area contributed by atoms with Crippen LogP contribution in [0.3, 0.4) is 0 Å². The summed E-state index contributed by atoms with van der Waals surface area (Å²) in [5.74, 6) is -3.68. The van der Waals surface area contributed by atoms with Crippen molar-refractivity contribution >= 4 is 17.6 Å². The zero-order chi connectivity index (χ0) is 14.0. The summed E-state index contributed by atoms with van der Waals surface area (Å²) in [6.07, 6.45) is -1.46. The highest BCUT2D eigenvalue weighted by Crippen LogP contribution is 2.22. The molecule has 0 bridgehead atoms. The molecular formula is C11H11FN2O5. The van der Waals surface area contributed by atoms with E-state index >= 15 is 0 Å². The van der Waals surface area contributed by atoms with E-state index in [1.54, 1.807) is 0 Å². The van der Waals surface area contributed by atoms with Crippen LogP contribution in [-0.2, 0) is 14.4 Å². The van der Waals surface area contributed by atoms with Crippen LogP contribution in [0.2, 0.25) is 0 Å². The third kappa shape index (κ3) is 2.64. The lowest BCUT2D eigenvalue weighted by Gasteiger charge is -2.11. The Bertz CT molecular complexity index is 522. The van der Waals surface area contributed by atoms with Gasteiger partial charge in [0, 0.05) is 6.07 Å². The minimum atomic E-state index is -1.46. The fourth-order valence-corrected chi connectivity index (χ4v) is 1.56. The molecule has 1 aromatic carbocycles. The van der Waals surface area contributed by atoms with Crippen molar-refractivity contribution in [2.45, 2.75) is 6.23 Å². The van der Waals surface area contributed by atoms with E-state index in [0.29, 0.717) is 0 Å². The smallest absolute Gasteiger partial charge is 0.341 e. The molecule has 0 spiro atoms. The molecule has 2 atom stereocenters. The quantitative estimate of drug-likeness (QED) is 0.656. The number of anilines is 1. The number of halogens is 1. The third-order valence-corrected chi connectivity index (χ3v) is 2.57. The number of carbonyl (C=O) groups is 2. The van der Waals surface area contributed by atoms with Crippen LogP contribution in [0.25, 0.3) is 0 Å². The van der Waals surface area contributed by atoms with Gasteiger partial charge in [-0.25, -0.2) is 9.18 Å². The molecule has 1 aromatic rings.